The number of hydrogen-bond acceptors (Lipinski definition) is 3. The zero-order chi connectivity index (χ0) is 12.6. The molecule has 0 aromatic heterocycles. The molecule has 3 nitrogen and oxygen atoms in total. The second-order valence-corrected chi connectivity index (χ2v) is 8.19. The van der Waals surface area contributed by atoms with E-state index in [9.17, 15) is 0 Å². The highest BCUT2D eigenvalue weighted by Gasteiger charge is 2.45. The monoisotopic (exact) mass is 255 g/mol. The molecule has 0 N–H and O–H groups in total. The first-order chi connectivity index (χ1) is 8.29. The highest BCUT2D eigenvalue weighted by Crippen LogP contribution is 2.40. The van der Waals surface area contributed by atoms with Gasteiger partial charge in [-0.1, -0.05) is 19.3 Å². The van der Waals surface area contributed by atoms with Crippen molar-refractivity contribution in [3.05, 3.63) is 0 Å². The van der Waals surface area contributed by atoms with Crippen LogP contribution in [0.25, 0.3) is 0 Å². The van der Waals surface area contributed by atoms with Gasteiger partial charge in [-0.3, -0.25) is 0 Å². The van der Waals surface area contributed by atoms with Crippen molar-refractivity contribution in [2.24, 2.45) is 0 Å². The topological polar surface area (TPSA) is 42.2 Å². The molecule has 0 radical (unpaired) electrons. The Labute approximate surface area is 106 Å². The van der Waals surface area contributed by atoms with Gasteiger partial charge in [0.15, 0.2) is 0 Å². The summed E-state index contributed by atoms with van der Waals surface area (Å²) in [6.07, 6.45) is 6.98. The molecule has 4 heteroatoms. The van der Waals surface area contributed by atoms with Crippen LogP contribution in [0.5, 0.6) is 0 Å². The predicted molar refractivity (Wildman–Crippen MR) is 70.9 cm³/mol. The van der Waals surface area contributed by atoms with Gasteiger partial charge in [-0.15, -0.1) is 0 Å². The first-order valence-corrected chi connectivity index (χ1v) is 9.04. The summed E-state index contributed by atoms with van der Waals surface area (Å²) in [5.74, 6) is 0. The fourth-order valence-electron chi connectivity index (χ4n) is 2.89. The van der Waals surface area contributed by atoms with Crippen LogP contribution >= 0.6 is 0 Å². The van der Waals surface area contributed by atoms with E-state index in [1.165, 1.54) is 32.1 Å². The van der Waals surface area contributed by atoms with Gasteiger partial charge in [-0.05, 0) is 26.7 Å². The van der Waals surface area contributed by atoms with E-state index in [0.717, 1.165) is 6.04 Å². The lowest BCUT2D eigenvalue weighted by Crippen LogP contribution is -2.47. The van der Waals surface area contributed by atoms with Crippen molar-refractivity contribution < 1.29 is 8.85 Å². The van der Waals surface area contributed by atoms with Crippen LogP contribution in [0.15, 0.2) is 0 Å². The van der Waals surface area contributed by atoms with Crippen LogP contribution in [0.3, 0.4) is 0 Å². The molecule has 0 bridgehead atoms. The van der Waals surface area contributed by atoms with E-state index in [1.807, 2.05) is 13.8 Å². The first kappa shape index (κ1) is 14.7. The van der Waals surface area contributed by atoms with E-state index >= 15 is 0 Å². The molecule has 0 aromatic carbocycles. The number of rotatable bonds is 7. The van der Waals surface area contributed by atoms with Crippen LogP contribution in [0.1, 0.15) is 52.4 Å². The van der Waals surface area contributed by atoms with Gasteiger partial charge in [-0.25, -0.2) is 0 Å². The Morgan fingerprint density at radius 1 is 1.12 bits per heavy atom. The van der Waals surface area contributed by atoms with E-state index in [-0.39, 0.29) is 0 Å². The summed E-state index contributed by atoms with van der Waals surface area (Å²) in [7, 11) is -2.14. The second kappa shape index (κ2) is 7.86. The molecule has 0 aliphatic heterocycles. The smallest absolute Gasteiger partial charge is 0.342 e. The van der Waals surface area contributed by atoms with E-state index in [0.29, 0.717) is 25.2 Å². The summed E-state index contributed by atoms with van der Waals surface area (Å²) in [6, 6.07) is 3.10. The van der Waals surface area contributed by atoms with E-state index in [4.69, 9.17) is 14.1 Å². The van der Waals surface area contributed by atoms with E-state index < -0.39 is 8.56 Å². The SMILES string of the molecule is CCO[Si](CCC#N)(OCC)C1CCCCC1. The minimum Gasteiger partial charge on any atom is -0.394 e. The highest BCUT2D eigenvalue weighted by atomic mass is 28.4. The van der Waals surface area contributed by atoms with Crippen molar-refractivity contribution in [3.8, 4) is 6.07 Å². The average Bonchev–Trinajstić information content (AvgIpc) is 2.37. The molecule has 0 unspecified atom stereocenters. The lowest BCUT2D eigenvalue weighted by Gasteiger charge is -2.38. The lowest BCUT2D eigenvalue weighted by atomic mass is 10.0. The highest BCUT2D eigenvalue weighted by molar-refractivity contribution is 6.69. The van der Waals surface area contributed by atoms with Crippen molar-refractivity contribution >= 4 is 8.56 Å². The Morgan fingerprint density at radius 2 is 1.71 bits per heavy atom. The van der Waals surface area contributed by atoms with Crippen molar-refractivity contribution in [1.82, 2.24) is 0 Å². The van der Waals surface area contributed by atoms with E-state index in [1.54, 1.807) is 0 Å². The number of nitrogens with zero attached hydrogens (tertiary/aromatic N) is 1. The largest absolute Gasteiger partial charge is 0.394 e. The third-order valence-corrected chi connectivity index (χ3v) is 7.91. The van der Waals surface area contributed by atoms with Gasteiger partial charge in [-0.2, -0.15) is 5.26 Å². The second-order valence-electron chi connectivity index (χ2n) is 4.67. The minimum absolute atomic E-state index is 0.572. The molecule has 0 aromatic rings. The molecule has 0 atom stereocenters. The maximum atomic E-state index is 8.83. The van der Waals surface area contributed by atoms with Crippen LogP contribution in [0, 0.1) is 11.3 Å². The molecule has 1 fully saturated rings. The predicted octanol–water partition coefficient (Wildman–Crippen LogP) is 3.75. The minimum atomic E-state index is -2.14. The van der Waals surface area contributed by atoms with Crippen molar-refractivity contribution in [2.75, 3.05) is 13.2 Å². The quantitative estimate of drug-likeness (QED) is 0.651. The Bertz CT molecular complexity index is 240. The summed E-state index contributed by atoms with van der Waals surface area (Å²) in [6.45, 7) is 5.51. The molecule has 1 aliphatic rings. The molecule has 1 rings (SSSR count). The molecular formula is C13H25NO2Si. The van der Waals surface area contributed by atoms with Crippen LogP contribution in [-0.4, -0.2) is 21.8 Å². The van der Waals surface area contributed by atoms with Gasteiger partial charge in [0.1, 0.15) is 0 Å². The third-order valence-electron chi connectivity index (χ3n) is 3.59. The lowest BCUT2D eigenvalue weighted by molar-refractivity contribution is 0.164. The molecular weight excluding hydrogens is 230 g/mol. The van der Waals surface area contributed by atoms with Gasteiger partial charge in [0, 0.05) is 31.2 Å². The fourth-order valence-corrected chi connectivity index (χ4v) is 6.86. The molecule has 0 heterocycles. The molecule has 98 valence electrons. The van der Waals surface area contributed by atoms with Gasteiger partial charge in [0.2, 0.25) is 0 Å². The summed E-state index contributed by atoms with van der Waals surface area (Å²) in [5, 5.41) is 8.83. The zero-order valence-electron chi connectivity index (χ0n) is 11.2. The zero-order valence-corrected chi connectivity index (χ0v) is 12.2. The molecule has 0 spiro atoms. The van der Waals surface area contributed by atoms with Crippen LogP contribution < -0.4 is 0 Å². The van der Waals surface area contributed by atoms with Gasteiger partial charge >= 0.3 is 8.56 Å². The maximum absolute atomic E-state index is 8.83. The molecule has 17 heavy (non-hydrogen) atoms. The van der Waals surface area contributed by atoms with Crippen LogP contribution in [0.2, 0.25) is 11.6 Å². The Kier molecular flexibility index (Phi) is 6.79. The summed E-state index contributed by atoms with van der Waals surface area (Å²) in [5.41, 5.74) is 0.601. The normalized spacial score (nSPS) is 17.9. The molecule has 0 amide bonds. The average molecular weight is 255 g/mol. The van der Waals surface area contributed by atoms with Gasteiger partial charge < -0.3 is 8.85 Å². The van der Waals surface area contributed by atoms with Gasteiger partial charge in [0.05, 0.1) is 6.07 Å². The summed E-state index contributed by atoms with van der Waals surface area (Å²) < 4.78 is 12.2. The summed E-state index contributed by atoms with van der Waals surface area (Å²) in [4.78, 5) is 0. The van der Waals surface area contributed by atoms with Crippen LogP contribution in [-0.2, 0) is 8.85 Å². The first-order valence-electron chi connectivity index (χ1n) is 6.94. The maximum Gasteiger partial charge on any atom is 0.342 e. The standard InChI is InChI=1S/C13H25NO2Si/c1-3-15-17(16-4-2,12-8-11-14)13-9-6-5-7-10-13/h13H,3-10,12H2,1-2H3. The van der Waals surface area contributed by atoms with Crippen molar-refractivity contribution in [2.45, 2.75) is 64.0 Å². The van der Waals surface area contributed by atoms with E-state index in [2.05, 4.69) is 6.07 Å². The third kappa shape index (κ3) is 4.09. The van der Waals surface area contributed by atoms with Crippen molar-refractivity contribution in [1.29, 1.82) is 5.26 Å². The number of hydrogen-bond donors (Lipinski definition) is 0. The molecule has 0 saturated heterocycles. The molecule has 1 aliphatic carbocycles. The number of nitriles is 1. The molecule has 1 saturated carbocycles. The Morgan fingerprint density at radius 3 is 2.18 bits per heavy atom. The summed E-state index contributed by atoms with van der Waals surface area (Å²) >= 11 is 0. The van der Waals surface area contributed by atoms with Crippen molar-refractivity contribution in [3.63, 3.8) is 0 Å². The van der Waals surface area contributed by atoms with Gasteiger partial charge in [0.25, 0.3) is 0 Å². The van der Waals surface area contributed by atoms with Crippen LogP contribution in [0.4, 0.5) is 0 Å². The Hall–Kier alpha value is -0.373. The Balaban J connectivity index is 2.74. The fraction of sp³-hybridized carbons (Fsp3) is 0.923.